The number of H-pyrrole nitrogens is 1. The number of ether oxygens (including phenoxy) is 1. The molecule has 0 aliphatic rings. The van der Waals surface area contributed by atoms with Gasteiger partial charge >= 0.3 is 12.1 Å². The van der Waals surface area contributed by atoms with Crippen molar-refractivity contribution in [1.82, 2.24) is 10.2 Å². The SMILES string of the molecule is COC(=O)c1ccc(NS(=O)(=O)c2cc(-c3cc(C(F)(F)F)[nH]n3)sc2C)cc1. The highest BCUT2D eigenvalue weighted by atomic mass is 32.2. The molecule has 0 amide bonds. The fourth-order valence-corrected chi connectivity index (χ4v) is 5.07. The number of anilines is 1. The molecular weight excluding hydrogens is 431 g/mol. The van der Waals surface area contributed by atoms with E-state index in [0.717, 1.165) is 17.4 Å². The number of nitrogens with zero attached hydrogens (tertiary/aromatic N) is 1. The summed E-state index contributed by atoms with van der Waals surface area (Å²) < 4.78 is 70.5. The van der Waals surface area contributed by atoms with Crippen molar-refractivity contribution in [2.75, 3.05) is 11.8 Å². The lowest BCUT2D eigenvalue weighted by Crippen LogP contribution is -2.13. The molecule has 1 aromatic carbocycles. The molecule has 2 aromatic heterocycles. The van der Waals surface area contributed by atoms with Crippen LogP contribution in [0.1, 0.15) is 20.9 Å². The van der Waals surface area contributed by atoms with E-state index in [0.29, 0.717) is 4.88 Å². The van der Waals surface area contributed by atoms with Crippen LogP contribution in [0.2, 0.25) is 0 Å². The lowest BCUT2D eigenvalue weighted by atomic mass is 10.2. The molecule has 0 saturated carbocycles. The minimum Gasteiger partial charge on any atom is -0.465 e. The maximum Gasteiger partial charge on any atom is 0.432 e. The summed E-state index contributed by atoms with van der Waals surface area (Å²) in [7, 11) is -2.78. The van der Waals surface area contributed by atoms with E-state index >= 15 is 0 Å². The topological polar surface area (TPSA) is 101 Å². The van der Waals surface area contributed by atoms with Crippen LogP contribution in [0, 0.1) is 6.92 Å². The van der Waals surface area contributed by atoms with E-state index < -0.39 is 27.9 Å². The Bertz CT molecular complexity index is 1150. The smallest absolute Gasteiger partial charge is 0.432 e. The van der Waals surface area contributed by atoms with Crippen LogP contribution in [0.4, 0.5) is 18.9 Å². The third kappa shape index (κ3) is 4.43. The van der Waals surface area contributed by atoms with Crippen LogP contribution in [0.25, 0.3) is 10.6 Å². The second kappa shape index (κ2) is 7.52. The molecule has 0 fully saturated rings. The molecular formula is C17H14F3N3O4S2. The summed E-state index contributed by atoms with van der Waals surface area (Å²) in [5, 5.41) is 5.51. The quantitative estimate of drug-likeness (QED) is 0.577. The Kier molecular flexibility index (Phi) is 5.41. The molecule has 29 heavy (non-hydrogen) atoms. The minimum atomic E-state index is -4.58. The van der Waals surface area contributed by atoms with E-state index in [-0.39, 0.29) is 26.7 Å². The van der Waals surface area contributed by atoms with Crippen LogP contribution >= 0.6 is 11.3 Å². The third-order valence-corrected chi connectivity index (χ3v) is 6.57. The van der Waals surface area contributed by atoms with Crippen LogP contribution in [0.3, 0.4) is 0 Å². The predicted molar refractivity (Wildman–Crippen MR) is 100 cm³/mol. The molecule has 0 aliphatic carbocycles. The lowest BCUT2D eigenvalue weighted by Gasteiger charge is -2.08. The van der Waals surface area contributed by atoms with E-state index in [1.165, 1.54) is 37.4 Å². The first kappa shape index (κ1) is 20.9. The summed E-state index contributed by atoms with van der Waals surface area (Å²) in [6.45, 7) is 1.54. The Balaban J connectivity index is 1.86. The number of carbonyl (C=O) groups excluding carboxylic acids is 1. The normalized spacial score (nSPS) is 12.0. The number of hydrogen-bond acceptors (Lipinski definition) is 6. The van der Waals surface area contributed by atoms with Gasteiger partial charge in [-0.15, -0.1) is 11.3 Å². The number of esters is 1. The number of rotatable bonds is 5. The van der Waals surface area contributed by atoms with Crippen molar-refractivity contribution >= 4 is 33.0 Å². The predicted octanol–water partition coefficient (Wildman–Crippen LogP) is 4.05. The van der Waals surface area contributed by atoms with Gasteiger partial charge in [0.15, 0.2) is 0 Å². The first-order chi connectivity index (χ1) is 13.5. The average molecular weight is 445 g/mol. The van der Waals surface area contributed by atoms with Gasteiger partial charge in [0.25, 0.3) is 10.0 Å². The zero-order valence-corrected chi connectivity index (χ0v) is 16.6. The van der Waals surface area contributed by atoms with Gasteiger partial charge < -0.3 is 4.74 Å². The molecule has 3 rings (SSSR count). The molecule has 0 saturated heterocycles. The molecule has 154 valence electrons. The highest BCUT2D eigenvalue weighted by Gasteiger charge is 2.33. The van der Waals surface area contributed by atoms with Gasteiger partial charge in [-0.2, -0.15) is 18.3 Å². The molecule has 3 aromatic rings. The van der Waals surface area contributed by atoms with Crippen LogP contribution in [0.15, 0.2) is 41.3 Å². The number of halogens is 3. The summed E-state index contributed by atoms with van der Waals surface area (Å²) >= 11 is 1.01. The molecule has 0 atom stereocenters. The van der Waals surface area contributed by atoms with E-state index in [9.17, 15) is 26.4 Å². The number of sulfonamides is 1. The number of nitrogens with one attached hydrogen (secondary N) is 2. The molecule has 0 bridgehead atoms. The number of alkyl halides is 3. The van der Waals surface area contributed by atoms with Gasteiger partial charge in [-0.25, -0.2) is 13.2 Å². The number of methoxy groups -OCH3 is 1. The van der Waals surface area contributed by atoms with Crippen molar-refractivity contribution in [2.45, 2.75) is 18.0 Å². The Hall–Kier alpha value is -2.86. The van der Waals surface area contributed by atoms with Gasteiger partial charge in [0.05, 0.1) is 17.6 Å². The molecule has 7 nitrogen and oxygen atoms in total. The van der Waals surface area contributed by atoms with Crippen molar-refractivity contribution < 1.29 is 31.1 Å². The van der Waals surface area contributed by atoms with Crippen molar-refractivity contribution in [3.63, 3.8) is 0 Å². The lowest BCUT2D eigenvalue weighted by molar-refractivity contribution is -0.141. The van der Waals surface area contributed by atoms with Crippen molar-refractivity contribution in [3.8, 4) is 10.6 Å². The van der Waals surface area contributed by atoms with E-state index in [4.69, 9.17) is 0 Å². The maximum absolute atomic E-state index is 12.7. The number of carbonyl (C=O) groups is 1. The second-order valence-corrected chi connectivity index (χ2v) is 8.78. The summed E-state index contributed by atoms with van der Waals surface area (Å²) in [5.74, 6) is -0.560. The van der Waals surface area contributed by atoms with Crippen LogP contribution < -0.4 is 4.72 Å². The maximum atomic E-state index is 12.7. The molecule has 0 radical (unpaired) electrons. The van der Waals surface area contributed by atoms with Crippen LogP contribution in [0.5, 0.6) is 0 Å². The minimum absolute atomic E-state index is 0.00527. The molecule has 0 spiro atoms. The van der Waals surface area contributed by atoms with Gasteiger partial charge in [-0.3, -0.25) is 9.82 Å². The van der Waals surface area contributed by atoms with Gasteiger partial charge in [0.1, 0.15) is 16.3 Å². The standard InChI is InChI=1S/C17H14F3N3O4S2/c1-9-14(8-13(28-9)12-7-15(22-21-12)17(18,19)20)29(25,26)23-11-5-3-10(4-6-11)16(24)27-2/h3-8,23H,1-2H3,(H,21,22). The fourth-order valence-electron chi connectivity index (χ4n) is 2.45. The van der Waals surface area contributed by atoms with Crippen molar-refractivity contribution in [3.05, 3.63) is 52.5 Å². The number of benzene rings is 1. The number of thiophene rings is 1. The summed E-state index contributed by atoms with van der Waals surface area (Å²) in [5.41, 5.74) is -0.562. The van der Waals surface area contributed by atoms with Crippen molar-refractivity contribution in [2.24, 2.45) is 0 Å². The summed E-state index contributed by atoms with van der Waals surface area (Å²) in [4.78, 5) is 12.0. The molecule has 0 unspecified atom stereocenters. The Morgan fingerprint density at radius 3 is 2.41 bits per heavy atom. The average Bonchev–Trinajstić information content (AvgIpc) is 3.28. The molecule has 12 heteroatoms. The first-order valence-corrected chi connectivity index (χ1v) is 10.3. The van der Waals surface area contributed by atoms with Gasteiger partial charge in [-0.05, 0) is 43.3 Å². The van der Waals surface area contributed by atoms with E-state index in [1.807, 2.05) is 5.10 Å². The molecule has 0 aliphatic heterocycles. The fraction of sp³-hybridized carbons (Fsp3) is 0.176. The summed E-state index contributed by atoms with van der Waals surface area (Å²) in [6, 6.07) is 7.68. The van der Waals surface area contributed by atoms with Gasteiger partial charge in [0, 0.05) is 10.6 Å². The Labute approximate surface area is 167 Å². The monoisotopic (exact) mass is 445 g/mol. The third-order valence-electron chi connectivity index (χ3n) is 3.86. The van der Waals surface area contributed by atoms with E-state index in [1.54, 1.807) is 6.92 Å². The van der Waals surface area contributed by atoms with Crippen molar-refractivity contribution in [1.29, 1.82) is 0 Å². The number of aromatic amines is 1. The highest BCUT2D eigenvalue weighted by molar-refractivity contribution is 7.93. The number of aryl methyl sites for hydroxylation is 1. The van der Waals surface area contributed by atoms with Crippen LogP contribution in [-0.4, -0.2) is 31.7 Å². The van der Waals surface area contributed by atoms with Gasteiger partial charge in [0.2, 0.25) is 0 Å². The highest BCUT2D eigenvalue weighted by Crippen LogP contribution is 2.36. The van der Waals surface area contributed by atoms with E-state index in [2.05, 4.69) is 14.6 Å². The van der Waals surface area contributed by atoms with Crippen LogP contribution in [-0.2, 0) is 20.9 Å². The molecule has 2 N–H and O–H groups in total. The molecule has 2 heterocycles. The summed E-state index contributed by atoms with van der Waals surface area (Å²) in [6.07, 6.45) is -4.58. The second-order valence-electron chi connectivity index (χ2n) is 5.87. The zero-order chi connectivity index (χ0) is 21.4. The number of aromatic nitrogens is 2. The largest absolute Gasteiger partial charge is 0.465 e. The zero-order valence-electron chi connectivity index (χ0n) is 15.0. The first-order valence-electron chi connectivity index (χ1n) is 7.96. The van der Waals surface area contributed by atoms with Gasteiger partial charge in [-0.1, -0.05) is 0 Å². The Morgan fingerprint density at radius 1 is 1.21 bits per heavy atom. The Morgan fingerprint density at radius 2 is 1.86 bits per heavy atom. The number of hydrogen-bond donors (Lipinski definition) is 2.